The minimum atomic E-state index is 0.526. The summed E-state index contributed by atoms with van der Waals surface area (Å²) in [5.74, 6) is 0.602. The largest absolute Gasteiger partial charge is 0.379 e. The van der Waals surface area contributed by atoms with E-state index in [1.54, 1.807) is 0 Å². The summed E-state index contributed by atoms with van der Waals surface area (Å²) in [5, 5.41) is 0. The predicted molar refractivity (Wildman–Crippen MR) is 137 cm³/mol. The zero-order valence-electron chi connectivity index (χ0n) is 22.8. The highest BCUT2D eigenvalue weighted by Gasteiger charge is 1.98. The van der Waals surface area contributed by atoms with Crippen molar-refractivity contribution < 1.29 is 47.4 Å². The maximum absolute atomic E-state index is 5.52. The van der Waals surface area contributed by atoms with E-state index in [2.05, 4.69) is 13.8 Å². The second kappa shape index (κ2) is 32.6. The van der Waals surface area contributed by atoms with Gasteiger partial charge in [0.1, 0.15) is 0 Å². The second-order valence-electron chi connectivity index (χ2n) is 7.89. The van der Waals surface area contributed by atoms with Crippen LogP contribution >= 0.6 is 0 Å². The van der Waals surface area contributed by atoms with Crippen LogP contribution in [0.15, 0.2) is 0 Å². The third-order valence-electron chi connectivity index (χ3n) is 4.71. The van der Waals surface area contributed by atoms with Crippen molar-refractivity contribution in [3.8, 4) is 0 Å². The number of nitrogens with two attached hydrogens (primary N) is 1. The lowest BCUT2D eigenvalue weighted by Gasteiger charge is -2.10. The maximum atomic E-state index is 5.52. The molecule has 0 aliphatic carbocycles. The van der Waals surface area contributed by atoms with E-state index in [0.717, 1.165) is 13.0 Å². The lowest BCUT2D eigenvalue weighted by molar-refractivity contribution is -0.0267. The van der Waals surface area contributed by atoms with E-state index in [9.17, 15) is 0 Å². The fraction of sp³-hybridized carbons (Fsp3) is 1.00. The molecule has 0 bridgehead atoms. The number of rotatable bonds is 32. The normalized spacial score (nSPS) is 12.4. The van der Waals surface area contributed by atoms with Crippen molar-refractivity contribution in [2.24, 2.45) is 11.7 Å². The first-order valence-electron chi connectivity index (χ1n) is 13.3. The predicted octanol–water partition coefficient (Wildman–Crippen LogP) is 1.16. The summed E-state index contributed by atoms with van der Waals surface area (Å²) in [6, 6.07) is 0. The molecule has 0 rings (SSSR count). The highest BCUT2D eigenvalue weighted by molar-refractivity contribution is 4.46. The molecule has 0 spiro atoms. The van der Waals surface area contributed by atoms with E-state index in [-0.39, 0.29) is 0 Å². The molecule has 36 heavy (non-hydrogen) atoms. The van der Waals surface area contributed by atoms with Gasteiger partial charge in [0.2, 0.25) is 0 Å². The van der Waals surface area contributed by atoms with Crippen LogP contribution in [0.5, 0.6) is 0 Å². The first-order chi connectivity index (χ1) is 17.8. The molecule has 1 atom stereocenters. The Hall–Kier alpha value is -0.440. The van der Waals surface area contributed by atoms with Crippen LogP contribution in [0.25, 0.3) is 0 Å². The van der Waals surface area contributed by atoms with Crippen molar-refractivity contribution >= 4 is 0 Å². The van der Waals surface area contributed by atoms with Gasteiger partial charge in [-0.15, -0.1) is 0 Å². The summed E-state index contributed by atoms with van der Waals surface area (Å²) in [6.07, 6.45) is 1.14. The summed E-state index contributed by atoms with van der Waals surface area (Å²) in [5.41, 5.74) is 5.32. The van der Waals surface area contributed by atoms with Crippen LogP contribution in [-0.4, -0.2) is 139 Å². The lowest BCUT2D eigenvalue weighted by atomic mass is 10.1. The molecular weight excluding hydrogens is 474 g/mol. The third-order valence-corrected chi connectivity index (χ3v) is 4.71. The fourth-order valence-corrected chi connectivity index (χ4v) is 2.46. The quantitative estimate of drug-likeness (QED) is 0.127. The second-order valence-corrected chi connectivity index (χ2v) is 7.89. The molecule has 0 aromatic carbocycles. The molecule has 11 heteroatoms. The van der Waals surface area contributed by atoms with Crippen molar-refractivity contribution in [1.29, 1.82) is 0 Å². The van der Waals surface area contributed by atoms with Crippen LogP contribution < -0.4 is 5.73 Å². The standard InChI is InChI=1S/C25H53NO10/c1-3-25(2)24-36-23-22-35-21-20-34-19-18-33-17-16-32-15-14-31-13-12-30-11-10-29-9-8-28-7-6-27-5-4-26/h25H,3-24,26H2,1-2H3. The van der Waals surface area contributed by atoms with Gasteiger partial charge in [0.25, 0.3) is 0 Å². The highest BCUT2D eigenvalue weighted by atomic mass is 16.6. The van der Waals surface area contributed by atoms with Gasteiger partial charge in [-0.25, -0.2) is 0 Å². The Bertz CT molecular complexity index is 396. The average molecular weight is 528 g/mol. The third kappa shape index (κ3) is 31.6. The van der Waals surface area contributed by atoms with Crippen LogP contribution in [0.1, 0.15) is 20.3 Å². The smallest absolute Gasteiger partial charge is 0.0701 e. The summed E-state index contributed by atoms with van der Waals surface area (Å²) in [6.45, 7) is 16.1. The summed E-state index contributed by atoms with van der Waals surface area (Å²) in [7, 11) is 0. The molecule has 0 aromatic rings. The zero-order valence-corrected chi connectivity index (χ0v) is 22.8. The van der Waals surface area contributed by atoms with Crippen molar-refractivity contribution in [2.45, 2.75) is 20.3 Å². The minimum Gasteiger partial charge on any atom is -0.379 e. The summed E-state index contributed by atoms with van der Waals surface area (Å²) in [4.78, 5) is 0. The van der Waals surface area contributed by atoms with Gasteiger partial charge in [-0.3, -0.25) is 0 Å². The van der Waals surface area contributed by atoms with Crippen LogP contribution in [0.4, 0.5) is 0 Å². The van der Waals surface area contributed by atoms with Gasteiger partial charge >= 0.3 is 0 Å². The van der Waals surface area contributed by atoms with Gasteiger partial charge in [0, 0.05) is 13.2 Å². The Kier molecular flexibility index (Phi) is 32.2. The van der Waals surface area contributed by atoms with E-state index >= 15 is 0 Å². The lowest BCUT2D eigenvalue weighted by Crippen LogP contribution is -2.15. The van der Waals surface area contributed by atoms with E-state index in [4.69, 9.17) is 53.1 Å². The van der Waals surface area contributed by atoms with E-state index in [1.807, 2.05) is 0 Å². The van der Waals surface area contributed by atoms with Gasteiger partial charge in [0.05, 0.1) is 126 Å². The molecule has 0 aliphatic heterocycles. The molecule has 0 aliphatic rings. The number of hydrogen-bond acceptors (Lipinski definition) is 11. The fourth-order valence-electron chi connectivity index (χ4n) is 2.46. The van der Waals surface area contributed by atoms with Crippen LogP contribution in [-0.2, 0) is 47.4 Å². The van der Waals surface area contributed by atoms with Crippen LogP contribution in [0, 0.1) is 5.92 Å². The van der Waals surface area contributed by atoms with E-state index in [0.29, 0.717) is 138 Å². The van der Waals surface area contributed by atoms with Crippen molar-refractivity contribution in [1.82, 2.24) is 0 Å². The molecule has 0 saturated carbocycles. The zero-order chi connectivity index (χ0) is 26.2. The molecule has 0 radical (unpaired) electrons. The van der Waals surface area contributed by atoms with Gasteiger partial charge in [-0.2, -0.15) is 0 Å². The molecule has 0 aromatic heterocycles. The van der Waals surface area contributed by atoms with Crippen molar-refractivity contribution in [3.05, 3.63) is 0 Å². The number of hydrogen-bond donors (Lipinski definition) is 1. The molecular formula is C25H53NO10. The van der Waals surface area contributed by atoms with Gasteiger partial charge in [-0.1, -0.05) is 20.3 Å². The van der Waals surface area contributed by atoms with Crippen molar-refractivity contribution in [2.75, 3.05) is 139 Å². The molecule has 0 amide bonds. The molecule has 11 nitrogen and oxygen atoms in total. The van der Waals surface area contributed by atoms with Crippen molar-refractivity contribution in [3.63, 3.8) is 0 Å². The highest BCUT2D eigenvalue weighted by Crippen LogP contribution is 1.99. The Morgan fingerprint density at radius 1 is 0.389 bits per heavy atom. The van der Waals surface area contributed by atoms with E-state index in [1.165, 1.54) is 0 Å². The van der Waals surface area contributed by atoms with Gasteiger partial charge < -0.3 is 53.1 Å². The SMILES string of the molecule is CCC(C)COCCOCCOCCOCCOCCOCCOCCOCCOCCOCCN. The van der Waals surface area contributed by atoms with Crippen LogP contribution in [0.2, 0.25) is 0 Å². The minimum absolute atomic E-state index is 0.526. The average Bonchev–Trinajstić information content (AvgIpc) is 2.89. The van der Waals surface area contributed by atoms with Crippen LogP contribution in [0.3, 0.4) is 0 Å². The summed E-state index contributed by atoms with van der Waals surface area (Å²) < 4.78 is 54.2. The van der Waals surface area contributed by atoms with Gasteiger partial charge in [-0.05, 0) is 5.92 Å². The topological polar surface area (TPSA) is 118 Å². The molecule has 0 fully saturated rings. The Balaban J connectivity index is 3.02. The van der Waals surface area contributed by atoms with E-state index < -0.39 is 0 Å². The number of ether oxygens (including phenoxy) is 10. The Labute approximate surface area is 218 Å². The Morgan fingerprint density at radius 2 is 0.611 bits per heavy atom. The first-order valence-corrected chi connectivity index (χ1v) is 13.3. The molecule has 218 valence electrons. The molecule has 0 saturated heterocycles. The molecule has 2 N–H and O–H groups in total. The molecule has 1 unspecified atom stereocenters. The van der Waals surface area contributed by atoms with Gasteiger partial charge in [0.15, 0.2) is 0 Å². The summed E-state index contributed by atoms with van der Waals surface area (Å²) >= 11 is 0. The monoisotopic (exact) mass is 527 g/mol. The first kappa shape index (κ1) is 35.6. The molecule has 0 heterocycles. The maximum Gasteiger partial charge on any atom is 0.0701 e. The Morgan fingerprint density at radius 3 is 0.833 bits per heavy atom.